The number of pyridine rings is 1. The SMILES string of the molecule is Cc1cc(-c2ccc(S(=O)(=O)N3CC[C@H](F)C3)cc2F)nc2c(F)c(Br)ccc12. The molecule has 0 amide bonds. The highest BCUT2D eigenvalue weighted by molar-refractivity contribution is 9.10. The second-order valence-electron chi connectivity index (χ2n) is 6.97. The Hall–Kier alpha value is -1.97. The van der Waals surface area contributed by atoms with E-state index in [2.05, 4.69) is 20.9 Å². The van der Waals surface area contributed by atoms with Crippen LogP contribution in [0, 0.1) is 18.6 Å². The minimum Gasteiger partial charge on any atom is -0.246 e. The van der Waals surface area contributed by atoms with Gasteiger partial charge in [-0.3, -0.25) is 0 Å². The number of halogens is 4. The number of aryl methyl sites for hydroxylation is 1. The predicted octanol–water partition coefficient (Wildman–Crippen LogP) is 4.98. The number of sulfonamides is 1. The summed E-state index contributed by atoms with van der Waals surface area (Å²) in [4.78, 5) is 4.00. The number of nitrogens with zero attached hydrogens (tertiary/aromatic N) is 2. The monoisotopic (exact) mass is 484 g/mol. The molecule has 0 spiro atoms. The molecule has 1 atom stereocenters. The second-order valence-corrected chi connectivity index (χ2v) is 9.76. The average molecular weight is 485 g/mol. The Labute approximate surface area is 174 Å². The van der Waals surface area contributed by atoms with Crippen LogP contribution >= 0.6 is 15.9 Å². The number of aromatic nitrogens is 1. The van der Waals surface area contributed by atoms with E-state index in [0.29, 0.717) is 10.9 Å². The second kappa shape index (κ2) is 7.37. The third-order valence-corrected chi connectivity index (χ3v) is 7.50. The van der Waals surface area contributed by atoms with Gasteiger partial charge in [-0.05, 0) is 65.2 Å². The zero-order valence-electron chi connectivity index (χ0n) is 15.3. The molecule has 4 nitrogen and oxygen atoms in total. The van der Waals surface area contributed by atoms with Crippen LogP contribution in [0.3, 0.4) is 0 Å². The first-order chi connectivity index (χ1) is 13.7. The summed E-state index contributed by atoms with van der Waals surface area (Å²) in [5.41, 5.74) is 1.05. The Morgan fingerprint density at radius 1 is 1.17 bits per heavy atom. The molecular weight excluding hydrogens is 469 g/mol. The van der Waals surface area contributed by atoms with Crippen molar-refractivity contribution in [3.63, 3.8) is 0 Å². The molecule has 2 heterocycles. The van der Waals surface area contributed by atoms with Gasteiger partial charge >= 0.3 is 0 Å². The van der Waals surface area contributed by atoms with Crippen LogP contribution in [0.15, 0.2) is 45.8 Å². The predicted molar refractivity (Wildman–Crippen MR) is 108 cm³/mol. The molecule has 1 aliphatic heterocycles. The summed E-state index contributed by atoms with van der Waals surface area (Å²) in [5.74, 6) is -1.36. The summed E-state index contributed by atoms with van der Waals surface area (Å²) < 4.78 is 69.2. The molecule has 4 rings (SSSR count). The zero-order chi connectivity index (χ0) is 20.9. The third-order valence-electron chi connectivity index (χ3n) is 5.03. The van der Waals surface area contributed by atoms with E-state index < -0.39 is 27.8 Å². The Kier molecular flexibility index (Phi) is 5.16. The maximum absolute atomic E-state index is 14.8. The van der Waals surface area contributed by atoms with Gasteiger partial charge < -0.3 is 0 Å². The molecule has 1 saturated heterocycles. The lowest BCUT2D eigenvalue weighted by atomic mass is 10.0. The van der Waals surface area contributed by atoms with Crippen LogP contribution in [0.4, 0.5) is 13.2 Å². The van der Waals surface area contributed by atoms with Gasteiger partial charge in [0.2, 0.25) is 10.0 Å². The quantitative estimate of drug-likeness (QED) is 0.526. The summed E-state index contributed by atoms with van der Waals surface area (Å²) in [7, 11) is -3.98. The highest BCUT2D eigenvalue weighted by Crippen LogP contribution is 2.32. The molecule has 0 bridgehead atoms. The fraction of sp³-hybridized carbons (Fsp3) is 0.250. The van der Waals surface area contributed by atoms with E-state index >= 15 is 0 Å². The fourth-order valence-electron chi connectivity index (χ4n) is 3.46. The molecule has 0 radical (unpaired) electrons. The maximum Gasteiger partial charge on any atom is 0.243 e. The number of benzene rings is 2. The number of hydrogen-bond acceptors (Lipinski definition) is 3. The van der Waals surface area contributed by atoms with Gasteiger partial charge in [-0.15, -0.1) is 0 Å². The lowest BCUT2D eigenvalue weighted by Gasteiger charge is -2.16. The van der Waals surface area contributed by atoms with E-state index in [1.807, 2.05) is 0 Å². The van der Waals surface area contributed by atoms with Gasteiger partial charge in [0.05, 0.1) is 15.1 Å². The van der Waals surface area contributed by atoms with Crippen molar-refractivity contribution in [3.8, 4) is 11.3 Å². The summed E-state index contributed by atoms with van der Waals surface area (Å²) >= 11 is 3.12. The Balaban J connectivity index is 1.78. The van der Waals surface area contributed by atoms with Crippen LogP contribution in [0.2, 0.25) is 0 Å². The molecule has 1 aromatic heterocycles. The van der Waals surface area contributed by atoms with E-state index in [1.165, 1.54) is 12.1 Å². The molecule has 1 fully saturated rings. The van der Waals surface area contributed by atoms with Crippen molar-refractivity contribution < 1.29 is 21.6 Å². The van der Waals surface area contributed by atoms with Crippen molar-refractivity contribution in [2.45, 2.75) is 24.4 Å². The van der Waals surface area contributed by atoms with E-state index in [0.717, 1.165) is 10.4 Å². The van der Waals surface area contributed by atoms with Gasteiger partial charge in [0, 0.05) is 24.0 Å². The van der Waals surface area contributed by atoms with Gasteiger partial charge in [-0.25, -0.2) is 26.6 Å². The van der Waals surface area contributed by atoms with Crippen molar-refractivity contribution in [1.82, 2.24) is 9.29 Å². The first-order valence-corrected chi connectivity index (χ1v) is 11.1. The average Bonchev–Trinajstić information content (AvgIpc) is 3.12. The van der Waals surface area contributed by atoms with E-state index in [9.17, 15) is 21.6 Å². The summed E-state index contributed by atoms with van der Waals surface area (Å²) in [5, 5.41) is 0.601. The number of fused-ring (bicyclic) bond motifs is 1. The molecule has 29 heavy (non-hydrogen) atoms. The third kappa shape index (κ3) is 3.55. The standard InChI is InChI=1S/C20H16BrF3N2O2S/c1-11-8-18(25-20-14(11)4-5-16(21)19(20)24)15-3-2-13(9-17(15)23)29(27,28)26-7-6-12(22)10-26/h2-5,8-9,12H,6-7,10H2,1H3/t12-/m0/s1. The minimum absolute atomic E-state index is 0.0538. The lowest BCUT2D eigenvalue weighted by molar-refractivity contribution is 0.343. The summed E-state index contributed by atoms with van der Waals surface area (Å²) in [6.07, 6.45) is -1.09. The molecular formula is C20H16BrF3N2O2S. The van der Waals surface area contributed by atoms with Crippen molar-refractivity contribution in [2.24, 2.45) is 0 Å². The molecule has 0 aliphatic carbocycles. The number of hydrogen-bond donors (Lipinski definition) is 0. The summed E-state index contributed by atoms with van der Waals surface area (Å²) in [6, 6.07) is 8.37. The maximum atomic E-state index is 14.8. The molecule has 152 valence electrons. The molecule has 0 saturated carbocycles. The fourth-order valence-corrected chi connectivity index (χ4v) is 5.27. The number of alkyl halides is 1. The zero-order valence-corrected chi connectivity index (χ0v) is 17.7. The van der Waals surface area contributed by atoms with E-state index in [4.69, 9.17) is 0 Å². The van der Waals surface area contributed by atoms with Crippen molar-refractivity contribution in [1.29, 1.82) is 0 Å². The van der Waals surface area contributed by atoms with Crippen LogP contribution in [0.25, 0.3) is 22.2 Å². The van der Waals surface area contributed by atoms with Gasteiger partial charge in [0.15, 0.2) is 5.82 Å². The van der Waals surface area contributed by atoms with Crippen molar-refractivity contribution >= 4 is 36.9 Å². The van der Waals surface area contributed by atoms with Crippen LogP contribution in [-0.2, 0) is 10.0 Å². The molecule has 9 heteroatoms. The van der Waals surface area contributed by atoms with Crippen LogP contribution in [0.5, 0.6) is 0 Å². The largest absolute Gasteiger partial charge is 0.246 e. The van der Waals surface area contributed by atoms with Crippen LogP contribution < -0.4 is 0 Å². The van der Waals surface area contributed by atoms with Gasteiger partial charge in [-0.2, -0.15) is 4.31 Å². The first-order valence-electron chi connectivity index (χ1n) is 8.88. The van der Waals surface area contributed by atoms with Crippen LogP contribution in [0.1, 0.15) is 12.0 Å². The molecule has 0 N–H and O–H groups in total. The normalized spacial score (nSPS) is 17.9. The van der Waals surface area contributed by atoms with Gasteiger partial charge in [-0.1, -0.05) is 6.07 Å². The van der Waals surface area contributed by atoms with Crippen LogP contribution in [-0.4, -0.2) is 37.0 Å². The minimum atomic E-state index is -3.98. The smallest absolute Gasteiger partial charge is 0.243 e. The molecule has 3 aromatic rings. The lowest BCUT2D eigenvalue weighted by Crippen LogP contribution is -2.29. The molecule has 1 aliphatic rings. The number of rotatable bonds is 3. The Bertz CT molecular complexity index is 1230. The Morgan fingerprint density at radius 2 is 1.93 bits per heavy atom. The topological polar surface area (TPSA) is 50.3 Å². The summed E-state index contributed by atoms with van der Waals surface area (Å²) in [6.45, 7) is 1.59. The molecule has 2 aromatic carbocycles. The highest BCUT2D eigenvalue weighted by atomic mass is 79.9. The van der Waals surface area contributed by atoms with Gasteiger partial charge in [0.1, 0.15) is 17.5 Å². The highest BCUT2D eigenvalue weighted by Gasteiger charge is 2.33. The van der Waals surface area contributed by atoms with Crippen molar-refractivity contribution in [3.05, 3.63) is 58.1 Å². The van der Waals surface area contributed by atoms with Crippen molar-refractivity contribution in [2.75, 3.05) is 13.1 Å². The van der Waals surface area contributed by atoms with Gasteiger partial charge in [0.25, 0.3) is 0 Å². The van der Waals surface area contributed by atoms with E-state index in [1.54, 1.807) is 25.1 Å². The first kappa shape index (κ1) is 20.3. The Morgan fingerprint density at radius 3 is 2.59 bits per heavy atom. The van der Waals surface area contributed by atoms with E-state index in [-0.39, 0.29) is 45.7 Å². The molecule has 0 unspecified atom stereocenters.